The van der Waals surface area contributed by atoms with Gasteiger partial charge in [-0.05, 0) is 48.0 Å². The number of benzene rings is 3. The zero-order valence-corrected chi connectivity index (χ0v) is 17.9. The molecule has 0 unspecified atom stereocenters. The van der Waals surface area contributed by atoms with Gasteiger partial charge in [0, 0.05) is 38.3 Å². The Morgan fingerprint density at radius 3 is 2.06 bits per heavy atom. The zero-order chi connectivity index (χ0) is 22.9. The molecule has 166 valence electrons. The molecule has 2 aliphatic heterocycles. The highest BCUT2D eigenvalue weighted by molar-refractivity contribution is 6.34. The van der Waals surface area contributed by atoms with Gasteiger partial charge in [-0.3, -0.25) is 19.3 Å². The van der Waals surface area contributed by atoms with Crippen LogP contribution >= 0.6 is 0 Å². The number of carbonyl (C=O) groups is 3. The molecule has 6 nitrogen and oxygen atoms in total. The van der Waals surface area contributed by atoms with Crippen LogP contribution in [0.4, 0.5) is 10.1 Å². The van der Waals surface area contributed by atoms with E-state index in [9.17, 15) is 18.8 Å². The van der Waals surface area contributed by atoms with Crippen LogP contribution in [0.15, 0.2) is 72.8 Å². The maximum absolute atomic E-state index is 13.1. The Morgan fingerprint density at radius 2 is 1.42 bits per heavy atom. The first-order chi connectivity index (χ1) is 16.0. The summed E-state index contributed by atoms with van der Waals surface area (Å²) >= 11 is 0. The van der Waals surface area contributed by atoms with Gasteiger partial charge in [0.05, 0.1) is 16.8 Å². The van der Waals surface area contributed by atoms with Crippen LogP contribution in [0.1, 0.15) is 36.6 Å². The summed E-state index contributed by atoms with van der Waals surface area (Å²) in [5.74, 6) is -1.14. The van der Waals surface area contributed by atoms with Crippen molar-refractivity contribution in [1.29, 1.82) is 0 Å². The fourth-order valence-electron chi connectivity index (χ4n) is 4.34. The van der Waals surface area contributed by atoms with Gasteiger partial charge in [-0.2, -0.15) is 0 Å². The van der Waals surface area contributed by atoms with Crippen LogP contribution in [0.5, 0.6) is 0 Å². The lowest BCUT2D eigenvalue weighted by molar-refractivity contribution is 0.0628. The number of carbonyl (C=O) groups excluding carboxylic acids is 3. The van der Waals surface area contributed by atoms with Crippen molar-refractivity contribution in [3.05, 3.63) is 101 Å². The molecule has 0 N–H and O–H groups in total. The first kappa shape index (κ1) is 21.0. The van der Waals surface area contributed by atoms with Gasteiger partial charge >= 0.3 is 0 Å². The van der Waals surface area contributed by atoms with Gasteiger partial charge in [0.15, 0.2) is 0 Å². The summed E-state index contributed by atoms with van der Waals surface area (Å²) in [6.45, 7) is 3.26. The first-order valence-corrected chi connectivity index (χ1v) is 10.9. The van der Waals surface area contributed by atoms with Crippen molar-refractivity contribution in [2.45, 2.75) is 6.54 Å². The number of hydrogen-bond acceptors (Lipinski definition) is 4. The van der Waals surface area contributed by atoms with Crippen LogP contribution in [0.3, 0.4) is 0 Å². The van der Waals surface area contributed by atoms with Crippen LogP contribution in [-0.4, -0.2) is 53.7 Å². The average Bonchev–Trinajstić information content (AvgIpc) is 3.11. The lowest BCUT2D eigenvalue weighted by Crippen LogP contribution is -2.48. The third-order valence-corrected chi connectivity index (χ3v) is 6.12. The Bertz CT molecular complexity index is 1200. The Balaban J connectivity index is 1.26. The maximum atomic E-state index is 13.1. The van der Waals surface area contributed by atoms with Crippen molar-refractivity contribution >= 4 is 23.4 Å². The molecule has 0 aromatic heterocycles. The molecule has 0 atom stereocenters. The summed E-state index contributed by atoms with van der Waals surface area (Å²) in [4.78, 5) is 43.8. The number of piperazine rings is 1. The highest BCUT2D eigenvalue weighted by atomic mass is 19.1. The van der Waals surface area contributed by atoms with Gasteiger partial charge in [0.1, 0.15) is 5.82 Å². The van der Waals surface area contributed by atoms with Crippen LogP contribution in [0, 0.1) is 5.82 Å². The van der Waals surface area contributed by atoms with Crippen molar-refractivity contribution in [3.63, 3.8) is 0 Å². The molecule has 0 spiro atoms. The predicted octanol–water partition coefficient (Wildman–Crippen LogP) is 3.58. The molecule has 2 aliphatic rings. The molecule has 33 heavy (non-hydrogen) atoms. The summed E-state index contributed by atoms with van der Waals surface area (Å²) < 4.78 is 13.1. The van der Waals surface area contributed by atoms with Gasteiger partial charge < -0.3 is 4.90 Å². The third-order valence-electron chi connectivity index (χ3n) is 6.12. The van der Waals surface area contributed by atoms with E-state index in [0.717, 1.165) is 10.5 Å². The second-order valence-electron chi connectivity index (χ2n) is 8.24. The van der Waals surface area contributed by atoms with Crippen LogP contribution in [-0.2, 0) is 6.54 Å². The molecule has 0 bridgehead atoms. The van der Waals surface area contributed by atoms with Gasteiger partial charge in [0.25, 0.3) is 17.7 Å². The van der Waals surface area contributed by atoms with Crippen molar-refractivity contribution in [2.75, 3.05) is 31.1 Å². The smallest absolute Gasteiger partial charge is 0.266 e. The molecule has 1 fully saturated rings. The molecule has 0 saturated carbocycles. The fraction of sp³-hybridized carbons (Fsp3) is 0.192. The van der Waals surface area contributed by atoms with Gasteiger partial charge in [-0.25, -0.2) is 9.29 Å². The van der Waals surface area contributed by atoms with E-state index in [1.807, 2.05) is 0 Å². The number of amides is 3. The lowest BCUT2D eigenvalue weighted by atomic mass is 10.1. The summed E-state index contributed by atoms with van der Waals surface area (Å²) in [5.41, 5.74) is 2.61. The Kier molecular flexibility index (Phi) is 5.48. The summed E-state index contributed by atoms with van der Waals surface area (Å²) in [5, 5.41) is 0. The molecule has 3 amide bonds. The molecule has 3 aromatic carbocycles. The van der Waals surface area contributed by atoms with E-state index < -0.39 is 0 Å². The molecule has 3 aromatic rings. The van der Waals surface area contributed by atoms with Crippen molar-refractivity contribution < 1.29 is 18.8 Å². The summed E-state index contributed by atoms with van der Waals surface area (Å²) in [7, 11) is 0. The van der Waals surface area contributed by atoms with Crippen molar-refractivity contribution in [1.82, 2.24) is 9.80 Å². The zero-order valence-electron chi connectivity index (χ0n) is 17.9. The van der Waals surface area contributed by atoms with E-state index in [0.29, 0.717) is 55.1 Å². The second-order valence-corrected chi connectivity index (χ2v) is 8.24. The highest BCUT2D eigenvalue weighted by Crippen LogP contribution is 2.29. The molecule has 2 heterocycles. The standard InChI is InChI=1S/C26H22FN3O3/c27-20-10-8-18(9-11-20)17-28-12-14-29(15-13-28)24(31)19-4-3-5-21(16-19)30-25(32)22-6-1-2-7-23(22)26(30)33/h1-11,16H,12-15,17H2. The molecule has 0 radical (unpaired) electrons. The van der Waals surface area contributed by atoms with E-state index in [-0.39, 0.29) is 23.5 Å². The fourth-order valence-corrected chi connectivity index (χ4v) is 4.34. The predicted molar refractivity (Wildman–Crippen MR) is 122 cm³/mol. The SMILES string of the molecule is O=C(c1cccc(N2C(=O)c3ccccc3C2=O)c1)N1CCN(Cc2ccc(F)cc2)CC1. The maximum Gasteiger partial charge on any atom is 0.266 e. The third kappa shape index (κ3) is 4.03. The Labute approximate surface area is 190 Å². The van der Waals surface area contributed by atoms with E-state index in [1.165, 1.54) is 12.1 Å². The molecular weight excluding hydrogens is 421 g/mol. The quantitative estimate of drug-likeness (QED) is 0.579. The minimum atomic E-state index is -0.380. The van der Waals surface area contributed by atoms with Crippen molar-refractivity contribution in [2.24, 2.45) is 0 Å². The number of anilines is 1. The van der Waals surface area contributed by atoms with E-state index in [4.69, 9.17) is 0 Å². The minimum Gasteiger partial charge on any atom is -0.336 e. The normalized spacial score (nSPS) is 16.3. The topological polar surface area (TPSA) is 60.9 Å². The number of hydrogen-bond donors (Lipinski definition) is 0. The largest absolute Gasteiger partial charge is 0.336 e. The first-order valence-electron chi connectivity index (χ1n) is 10.9. The van der Waals surface area contributed by atoms with Crippen LogP contribution in [0.25, 0.3) is 0 Å². The number of imide groups is 1. The van der Waals surface area contributed by atoms with Gasteiger partial charge in [-0.15, -0.1) is 0 Å². The Hall–Kier alpha value is -3.84. The molecule has 5 rings (SSSR count). The number of nitrogens with zero attached hydrogens (tertiary/aromatic N) is 3. The van der Waals surface area contributed by atoms with Crippen LogP contribution in [0.2, 0.25) is 0 Å². The summed E-state index contributed by atoms with van der Waals surface area (Å²) in [6.07, 6.45) is 0. The molecule has 0 aliphatic carbocycles. The monoisotopic (exact) mass is 443 g/mol. The molecule has 7 heteroatoms. The summed E-state index contributed by atoms with van der Waals surface area (Å²) in [6, 6.07) is 19.8. The number of rotatable bonds is 4. The van der Waals surface area contributed by atoms with E-state index >= 15 is 0 Å². The number of halogens is 1. The number of fused-ring (bicyclic) bond motifs is 1. The lowest BCUT2D eigenvalue weighted by Gasteiger charge is -2.35. The van der Waals surface area contributed by atoms with E-state index in [1.54, 1.807) is 65.6 Å². The van der Waals surface area contributed by atoms with Crippen LogP contribution < -0.4 is 4.90 Å². The highest BCUT2D eigenvalue weighted by Gasteiger charge is 2.36. The minimum absolute atomic E-state index is 0.130. The van der Waals surface area contributed by atoms with E-state index in [2.05, 4.69) is 4.90 Å². The van der Waals surface area contributed by atoms with Gasteiger partial charge in [0.2, 0.25) is 0 Å². The second kappa shape index (κ2) is 8.60. The Morgan fingerprint density at radius 1 is 0.788 bits per heavy atom. The van der Waals surface area contributed by atoms with Crippen molar-refractivity contribution in [3.8, 4) is 0 Å². The van der Waals surface area contributed by atoms with Gasteiger partial charge in [-0.1, -0.05) is 30.3 Å². The molecular formula is C26H22FN3O3. The average molecular weight is 443 g/mol. The molecule has 1 saturated heterocycles.